The van der Waals surface area contributed by atoms with E-state index in [0.29, 0.717) is 0 Å². The predicted molar refractivity (Wildman–Crippen MR) is 24.2 cm³/mol. The van der Waals surface area contributed by atoms with Crippen molar-refractivity contribution in [2.75, 3.05) is 0 Å². The molecule has 0 fully saturated rings. The molecule has 0 radical (unpaired) electrons. The molecular weight excluding hydrogens is 213 g/mol. The number of phosphoric acid groups is 1. The second kappa shape index (κ2) is 5.66. The van der Waals surface area contributed by atoms with Gasteiger partial charge in [-0.2, -0.15) is 0 Å². The summed E-state index contributed by atoms with van der Waals surface area (Å²) in [6.07, 6.45) is 0. The van der Waals surface area contributed by atoms with Gasteiger partial charge in [-0.25, -0.2) is 4.57 Å². The Labute approximate surface area is 70.4 Å². The van der Waals surface area contributed by atoms with Gasteiger partial charge in [0.2, 0.25) is 0 Å². The summed E-state index contributed by atoms with van der Waals surface area (Å²) in [4.78, 5) is 21.6. The van der Waals surface area contributed by atoms with E-state index in [-0.39, 0.29) is 43.6 Å². The third-order valence-corrected chi connectivity index (χ3v) is 0. The van der Waals surface area contributed by atoms with Crippen LogP contribution in [0.25, 0.3) is 0 Å². The Bertz CT molecular complexity index is 57.8. The molecule has 0 saturated carbocycles. The SMILES string of the molecule is O=P(O)(O)O.[AlH3].[Zr]. The molecule has 0 aliphatic carbocycles. The van der Waals surface area contributed by atoms with E-state index in [1.165, 1.54) is 0 Å². The molecule has 0 aromatic rings. The van der Waals surface area contributed by atoms with Crippen LogP contribution in [0.3, 0.4) is 0 Å². The summed E-state index contributed by atoms with van der Waals surface area (Å²) in [5.41, 5.74) is 0. The minimum Gasteiger partial charge on any atom is -0.303 e. The molecular formula is H6AlO4PZr. The topological polar surface area (TPSA) is 77.8 Å². The molecule has 0 aromatic carbocycles. The Hall–Kier alpha value is 1.53. The molecule has 0 aliphatic heterocycles. The Morgan fingerprint density at radius 1 is 1.14 bits per heavy atom. The first-order valence-corrected chi connectivity index (χ1v) is 2.35. The number of hydrogen-bond donors (Lipinski definition) is 3. The van der Waals surface area contributed by atoms with E-state index < -0.39 is 7.82 Å². The van der Waals surface area contributed by atoms with Gasteiger partial charge < -0.3 is 14.7 Å². The van der Waals surface area contributed by atoms with Crippen molar-refractivity contribution in [2.24, 2.45) is 0 Å². The third-order valence-electron chi connectivity index (χ3n) is 0. The molecule has 4 nitrogen and oxygen atoms in total. The first kappa shape index (κ1) is 15.8. The van der Waals surface area contributed by atoms with Crippen LogP contribution in [-0.2, 0) is 30.8 Å². The van der Waals surface area contributed by atoms with Crippen molar-refractivity contribution >= 4 is 25.2 Å². The van der Waals surface area contributed by atoms with Gasteiger partial charge in [-0.1, -0.05) is 0 Å². The zero-order chi connectivity index (χ0) is 4.50. The second-order valence-corrected chi connectivity index (χ2v) is 1.54. The summed E-state index contributed by atoms with van der Waals surface area (Å²) in [5, 5.41) is 0. The van der Waals surface area contributed by atoms with E-state index in [2.05, 4.69) is 0 Å². The summed E-state index contributed by atoms with van der Waals surface area (Å²) < 4.78 is 8.88. The van der Waals surface area contributed by atoms with Gasteiger partial charge in [-0.15, -0.1) is 0 Å². The molecule has 7 heteroatoms. The maximum absolute atomic E-state index is 8.88. The Morgan fingerprint density at radius 2 is 1.14 bits per heavy atom. The summed E-state index contributed by atoms with van der Waals surface area (Å²) in [5.74, 6) is 0. The van der Waals surface area contributed by atoms with Crippen LogP contribution in [0.1, 0.15) is 0 Å². The molecule has 0 heterocycles. The molecule has 0 amide bonds. The largest absolute Gasteiger partial charge is 0.466 e. The summed E-state index contributed by atoms with van der Waals surface area (Å²) in [6, 6.07) is 0. The van der Waals surface area contributed by atoms with E-state index in [4.69, 9.17) is 19.2 Å². The monoisotopic (exact) mass is 218 g/mol. The van der Waals surface area contributed by atoms with Crippen LogP contribution in [0.2, 0.25) is 0 Å². The summed E-state index contributed by atoms with van der Waals surface area (Å²) >= 11 is 0. The standard InChI is InChI=1S/Al.H3O4P.Zr.3H/c;1-5(2,3)4;;;;/h;(H3,1,2,3,4);;;;. The minimum atomic E-state index is -4.64. The van der Waals surface area contributed by atoms with Crippen LogP contribution in [-0.4, -0.2) is 32.0 Å². The predicted octanol–water partition coefficient (Wildman–Crippen LogP) is -2.12. The fourth-order valence-corrected chi connectivity index (χ4v) is 0. The Morgan fingerprint density at radius 3 is 1.14 bits per heavy atom. The van der Waals surface area contributed by atoms with Gasteiger partial charge in [-0.3, -0.25) is 0 Å². The van der Waals surface area contributed by atoms with Crippen molar-refractivity contribution in [3.63, 3.8) is 0 Å². The van der Waals surface area contributed by atoms with E-state index in [1.54, 1.807) is 0 Å². The van der Waals surface area contributed by atoms with Gasteiger partial charge >= 0.3 is 7.82 Å². The van der Waals surface area contributed by atoms with Crippen LogP contribution in [0.15, 0.2) is 0 Å². The fourth-order valence-electron chi connectivity index (χ4n) is 0. The molecule has 0 unspecified atom stereocenters. The molecule has 0 bridgehead atoms. The minimum absolute atomic E-state index is 0. The summed E-state index contributed by atoms with van der Waals surface area (Å²) in [6.45, 7) is 0. The van der Waals surface area contributed by atoms with Gasteiger partial charge in [0.05, 0.1) is 0 Å². The first-order valence-electron chi connectivity index (χ1n) is 0.783. The van der Waals surface area contributed by atoms with Crippen LogP contribution in [0.5, 0.6) is 0 Å². The van der Waals surface area contributed by atoms with Crippen molar-refractivity contribution in [1.82, 2.24) is 0 Å². The first-order chi connectivity index (χ1) is 2.00. The average Bonchev–Trinajstić information content (AvgIpc) is 0.722. The van der Waals surface area contributed by atoms with Crippen LogP contribution in [0, 0.1) is 0 Å². The fraction of sp³-hybridized carbons (Fsp3) is 0. The number of hydrogen-bond acceptors (Lipinski definition) is 1. The third kappa shape index (κ3) is 98.7. The van der Waals surface area contributed by atoms with E-state index in [9.17, 15) is 0 Å². The van der Waals surface area contributed by atoms with Gasteiger partial charge in [0.1, 0.15) is 0 Å². The maximum atomic E-state index is 8.88. The molecule has 0 aromatic heterocycles. The molecule has 0 rings (SSSR count). The van der Waals surface area contributed by atoms with Crippen LogP contribution in [0.4, 0.5) is 0 Å². The van der Waals surface area contributed by atoms with E-state index >= 15 is 0 Å². The molecule has 3 N–H and O–H groups in total. The second-order valence-electron chi connectivity index (χ2n) is 0.513. The van der Waals surface area contributed by atoms with Gasteiger partial charge in [0.15, 0.2) is 17.4 Å². The van der Waals surface area contributed by atoms with Gasteiger partial charge in [0, 0.05) is 26.2 Å². The van der Waals surface area contributed by atoms with Gasteiger partial charge in [-0.05, 0) is 0 Å². The maximum Gasteiger partial charge on any atom is 0.466 e. The van der Waals surface area contributed by atoms with Crippen molar-refractivity contribution < 1.29 is 45.4 Å². The average molecular weight is 219 g/mol. The molecule has 0 saturated heterocycles. The van der Waals surface area contributed by atoms with Crippen molar-refractivity contribution in [1.29, 1.82) is 0 Å². The molecule has 42 valence electrons. The molecule has 0 atom stereocenters. The normalized spacial score (nSPS) is 8.43. The Balaban J connectivity index is -0.0000000800. The van der Waals surface area contributed by atoms with Gasteiger partial charge in [0.25, 0.3) is 0 Å². The van der Waals surface area contributed by atoms with Crippen molar-refractivity contribution in [2.45, 2.75) is 0 Å². The molecule has 0 spiro atoms. The van der Waals surface area contributed by atoms with Crippen molar-refractivity contribution in [3.8, 4) is 0 Å². The van der Waals surface area contributed by atoms with E-state index in [1.807, 2.05) is 0 Å². The number of rotatable bonds is 0. The van der Waals surface area contributed by atoms with Crippen molar-refractivity contribution in [3.05, 3.63) is 0 Å². The van der Waals surface area contributed by atoms with E-state index in [0.717, 1.165) is 0 Å². The van der Waals surface area contributed by atoms with Crippen LogP contribution < -0.4 is 0 Å². The molecule has 0 aliphatic rings. The molecule has 7 heavy (non-hydrogen) atoms. The zero-order valence-electron chi connectivity index (χ0n) is 2.70. The van der Waals surface area contributed by atoms with Crippen LogP contribution >= 0.6 is 7.82 Å². The smallest absolute Gasteiger partial charge is 0.303 e. The summed E-state index contributed by atoms with van der Waals surface area (Å²) in [7, 11) is -4.64. The quantitative estimate of drug-likeness (QED) is 0.322. The Kier molecular flexibility index (Phi) is 12.8. The zero-order valence-corrected chi connectivity index (χ0v) is 6.05.